The molecule has 23 heavy (non-hydrogen) atoms. The molecule has 1 fully saturated rings. The summed E-state index contributed by atoms with van der Waals surface area (Å²) < 4.78 is 5.53. The van der Waals surface area contributed by atoms with E-state index < -0.39 is 0 Å². The summed E-state index contributed by atoms with van der Waals surface area (Å²) >= 11 is 1.64. The molecule has 3 heterocycles. The van der Waals surface area contributed by atoms with E-state index in [0.29, 0.717) is 6.61 Å². The quantitative estimate of drug-likeness (QED) is 0.850. The van der Waals surface area contributed by atoms with E-state index in [0.717, 1.165) is 48.2 Å². The second-order valence-corrected chi connectivity index (χ2v) is 6.43. The van der Waals surface area contributed by atoms with E-state index >= 15 is 0 Å². The van der Waals surface area contributed by atoms with Crippen LogP contribution in [0.2, 0.25) is 0 Å². The van der Waals surface area contributed by atoms with Gasteiger partial charge in [0.1, 0.15) is 12.4 Å². The lowest BCUT2D eigenvalue weighted by Gasteiger charge is -2.34. The van der Waals surface area contributed by atoms with Gasteiger partial charge in [0.2, 0.25) is 0 Å². The first-order valence-corrected chi connectivity index (χ1v) is 8.56. The molecule has 0 radical (unpaired) electrons. The number of rotatable bonds is 2. The van der Waals surface area contributed by atoms with Crippen LogP contribution in [0.5, 0.6) is 5.75 Å². The number of nitrogens with zero attached hydrogens (tertiary/aromatic N) is 3. The number of anilines is 1. The molecule has 5 nitrogen and oxygen atoms in total. The van der Waals surface area contributed by atoms with Crippen LogP contribution in [-0.4, -0.2) is 48.6 Å². The van der Waals surface area contributed by atoms with Crippen molar-refractivity contribution >= 4 is 28.5 Å². The Morgan fingerprint density at radius 3 is 2.87 bits per heavy atom. The molecular formula is C17H17N3O2S. The van der Waals surface area contributed by atoms with Gasteiger partial charge in [-0.1, -0.05) is 6.08 Å². The molecule has 2 aliphatic heterocycles. The van der Waals surface area contributed by atoms with Gasteiger partial charge in [-0.25, -0.2) is 4.98 Å². The van der Waals surface area contributed by atoms with Crippen LogP contribution in [0.1, 0.15) is 15.9 Å². The molecule has 1 amide bonds. The minimum absolute atomic E-state index is 0.0885. The number of piperazine rings is 1. The van der Waals surface area contributed by atoms with Crippen LogP contribution in [0.4, 0.5) is 5.13 Å². The summed E-state index contributed by atoms with van der Waals surface area (Å²) in [6.07, 6.45) is 5.79. The fraction of sp³-hybridized carbons (Fsp3) is 0.294. The van der Waals surface area contributed by atoms with Crippen molar-refractivity contribution in [1.29, 1.82) is 0 Å². The number of aromatic nitrogens is 1. The Kier molecular flexibility index (Phi) is 3.75. The Morgan fingerprint density at radius 1 is 1.22 bits per heavy atom. The van der Waals surface area contributed by atoms with Crippen LogP contribution < -0.4 is 9.64 Å². The Bertz CT molecular complexity index is 734. The maximum atomic E-state index is 12.7. The molecule has 0 atom stereocenters. The van der Waals surface area contributed by atoms with Crippen LogP contribution >= 0.6 is 11.3 Å². The molecule has 1 aromatic heterocycles. The summed E-state index contributed by atoms with van der Waals surface area (Å²) in [5, 5.41) is 3.02. The van der Waals surface area contributed by atoms with E-state index in [9.17, 15) is 4.79 Å². The molecule has 0 unspecified atom stereocenters. The zero-order valence-corrected chi connectivity index (χ0v) is 13.5. The third-order valence-corrected chi connectivity index (χ3v) is 4.98. The Morgan fingerprint density at radius 2 is 2.09 bits per heavy atom. The molecule has 2 aromatic rings. The second-order valence-electron chi connectivity index (χ2n) is 5.56. The van der Waals surface area contributed by atoms with Crippen molar-refractivity contribution in [3.05, 3.63) is 47.0 Å². The van der Waals surface area contributed by atoms with Gasteiger partial charge in [-0.2, -0.15) is 0 Å². The zero-order chi connectivity index (χ0) is 15.6. The number of hydrogen-bond donors (Lipinski definition) is 0. The first-order chi connectivity index (χ1) is 11.3. The van der Waals surface area contributed by atoms with Crippen molar-refractivity contribution < 1.29 is 9.53 Å². The average molecular weight is 327 g/mol. The van der Waals surface area contributed by atoms with E-state index in [2.05, 4.69) is 9.88 Å². The van der Waals surface area contributed by atoms with Gasteiger partial charge in [-0.05, 0) is 24.3 Å². The van der Waals surface area contributed by atoms with Crippen LogP contribution in [-0.2, 0) is 0 Å². The topological polar surface area (TPSA) is 45.7 Å². The van der Waals surface area contributed by atoms with Gasteiger partial charge in [0.05, 0.1) is 0 Å². The van der Waals surface area contributed by atoms with Crippen molar-refractivity contribution in [3.63, 3.8) is 0 Å². The van der Waals surface area contributed by atoms with Gasteiger partial charge < -0.3 is 14.5 Å². The Hall–Kier alpha value is -2.34. The minimum atomic E-state index is 0.0885. The number of ether oxygens (including phenoxy) is 1. The van der Waals surface area contributed by atoms with Gasteiger partial charge >= 0.3 is 0 Å². The molecule has 0 spiro atoms. The standard InChI is InChI=1S/C17H17N3O2S/c21-16(14-3-4-15-13(12-14)2-1-10-22-15)19-6-8-20(9-7-19)17-18-5-11-23-17/h1-5,11-12H,6-10H2. The third kappa shape index (κ3) is 2.82. The van der Waals surface area contributed by atoms with E-state index in [1.54, 1.807) is 11.3 Å². The molecule has 2 aliphatic rings. The lowest BCUT2D eigenvalue weighted by Crippen LogP contribution is -2.48. The molecule has 1 saturated heterocycles. The Labute approximate surface area is 138 Å². The molecule has 118 valence electrons. The molecule has 1 aromatic carbocycles. The normalized spacial score (nSPS) is 16.9. The highest BCUT2D eigenvalue weighted by Crippen LogP contribution is 2.26. The number of benzene rings is 1. The van der Waals surface area contributed by atoms with Gasteiger partial charge in [-0.3, -0.25) is 4.79 Å². The van der Waals surface area contributed by atoms with Crippen molar-refractivity contribution in [1.82, 2.24) is 9.88 Å². The highest BCUT2D eigenvalue weighted by Gasteiger charge is 2.23. The van der Waals surface area contributed by atoms with Gasteiger partial charge in [0, 0.05) is 48.9 Å². The van der Waals surface area contributed by atoms with Crippen LogP contribution in [0, 0.1) is 0 Å². The van der Waals surface area contributed by atoms with E-state index in [-0.39, 0.29) is 5.91 Å². The predicted octanol–water partition coefficient (Wildman–Crippen LogP) is 2.51. The van der Waals surface area contributed by atoms with Crippen molar-refractivity contribution in [3.8, 4) is 5.75 Å². The second kappa shape index (κ2) is 6.04. The monoisotopic (exact) mass is 327 g/mol. The van der Waals surface area contributed by atoms with E-state index in [1.807, 2.05) is 46.8 Å². The number of fused-ring (bicyclic) bond motifs is 1. The first-order valence-electron chi connectivity index (χ1n) is 7.68. The predicted molar refractivity (Wildman–Crippen MR) is 91.2 cm³/mol. The van der Waals surface area contributed by atoms with E-state index in [1.165, 1.54) is 0 Å². The number of carbonyl (C=O) groups is 1. The summed E-state index contributed by atoms with van der Waals surface area (Å²) in [5.41, 5.74) is 1.70. The molecule has 0 aliphatic carbocycles. The number of carbonyl (C=O) groups excluding carboxylic acids is 1. The van der Waals surface area contributed by atoms with Gasteiger partial charge in [0.25, 0.3) is 5.91 Å². The fourth-order valence-electron chi connectivity index (χ4n) is 2.91. The van der Waals surface area contributed by atoms with Crippen molar-refractivity contribution in [2.24, 2.45) is 0 Å². The first kappa shape index (κ1) is 14.3. The Balaban J connectivity index is 1.45. The molecule has 6 heteroatoms. The van der Waals surface area contributed by atoms with E-state index in [4.69, 9.17) is 4.74 Å². The molecular weight excluding hydrogens is 310 g/mol. The molecule has 4 rings (SSSR count). The van der Waals surface area contributed by atoms with Crippen LogP contribution in [0.15, 0.2) is 35.9 Å². The number of thiazole rings is 1. The zero-order valence-electron chi connectivity index (χ0n) is 12.6. The van der Waals surface area contributed by atoms with Gasteiger partial charge in [0.15, 0.2) is 5.13 Å². The lowest BCUT2D eigenvalue weighted by molar-refractivity contribution is 0.0746. The molecule has 0 N–H and O–H groups in total. The highest BCUT2D eigenvalue weighted by atomic mass is 32.1. The summed E-state index contributed by atoms with van der Waals surface area (Å²) in [7, 11) is 0. The largest absolute Gasteiger partial charge is 0.489 e. The molecule has 0 saturated carbocycles. The van der Waals surface area contributed by atoms with Crippen molar-refractivity contribution in [2.75, 3.05) is 37.7 Å². The van der Waals surface area contributed by atoms with Gasteiger partial charge in [-0.15, -0.1) is 11.3 Å². The summed E-state index contributed by atoms with van der Waals surface area (Å²) in [6, 6.07) is 5.66. The fourth-order valence-corrected chi connectivity index (χ4v) is 3.61. The molecule has 0 bridgehead atoms. The summed E-state index contributed by atoms with van der Waals surface area (Å²) in [4.78, 5) is 21.2. The number of amides is 1. The van der Waals surface area contributed by atoms with Crippen LogP contribution in [0.3, 0.4) is 0 Å². The smallest absolute Gasteiger partial charge is 0.254 e. The number of hydrogen-bond acceptors (Lipinski definition) is 5. The maximum absolute atomic E-state index is 12.7. The van der Waals surface area contributed by atoms with Crippen molar-refractivity contribution in [2.45, 2.75) is 0 Å². The summed E-state index contributed by atoms with van der Waals surface area (Å²) in [5.74, 6) is 0.934. The average Bonchev–Trinajstić information content (AvgIpc) is 3.15. The third-order valence-electron chi connectivity index (χ3n) is 4.15. The summed E-state index contributed by atoms with van der Waals surface area (Å²) in [6.45, 7) is 3.70. The SMILES string of the molecule is O=C(c1ccc2c(c1)C=CCO2)N1CCN(c2nccs2)CC1. The minimum Gasteiger partial charge on any atom is -0.489 e. The maximum Gasteiger partial charge on any atom is 0.254 e. The highest BCUT2D eigenvalue weighted by molar-refractivity contribution is 7.13. The lowest BCUT2D eigenvalue weighted by atomic mass is 10.1. The van der Waals surface area contributed by atoms with Crippen LogP contribution in [0.25, 0.3) is 6.08 Å².